The maximum absolute atomic E-state index is 12.9. The lowest BCUT2D eigenvalue weighted by Crippen LogP contribution is -2.45. The molecular weight excluding hydrogens is 337 g/mol. The van der Waals surface area contributed by atoms with E-state index in [-0.39, 0.29) is 24.4 Å². The predicted molar refractivity (Wildman–Crippen MR) is 83.6 cm³/mol. The molecule has 0 unspecified atom stereocenters. The number of hydrogen-bond donors (Lipinski definition) is 1. The molecule has 0 aliphatic carbocycles. The Kier molecular flexibility index (Phi) is 4.38. The van der Waals surface area contributed by atoms with Crippen LogP contribution in [0.5, 0.6) is 5.75 Å². The summed E-state index contributed by atoms with van der Waals surface area (Å²) in [5.74, 6) is -0.0633. The molecule has 1 atom stereocenters. The summed E-state index contributed by atoms with van der Waals surface area (Å²) in [6, 6.07) is 8.70. The van der Waals surface area contributed by atoms with Gasteiger partial charge >= 0.3 is 6.18 Å². The molecule has 0 bridgehead atoms. The van der Waals surface area contributed by atoms with Gasteiger partial charge in [0.25, 0.3) is 5.91 Å². The van der Waals surface area contributed by atoms with E-state index in [0.717, 1.165) is 12.1 Å². The molecule has 1 aromatic carbocycles. The fourth-order valence-corrected chi connectivity index (χ4v) is 2.68. The Morgan fingerprint density at radius 3 is 2.68 bits per heavy atom. The van der Waals surface area contributed by atoms with Crippen molar-refractivity contribution in [1.29, 1.82) is 0 Å². The number of aromatic nitrogens is 1. The van der Waals surface area contributed by atoms with Gasteiger partial charge in [-0.2, -0.15) is 13.2 Å². The normalized spacial score (nSPS) is 17.0. The Morgan fingerprint density at radius 2 is 2.04 bits per heavy atom. The SMILES string of the molecule is Cc1nc(C(F)(F)F)ccc1C(=O)N1C[C@H](CO)Oc2ccccc21. The lowest BCUT2D eigenvalue weighted by atomic mass is 10.1. The number of nitrogens with zero attached hydrogens (tertiary/aromatic N) is 2. The lowest BCUT2D eigenvalue weighted by molar-refractivity contribution is -0.141. The fourth-order valence-electron chi connectivity index (χ4n) is 2.68. The average molecular weight is 352 g/mol. The first-order valence-electron chi connectivity index (χ1n) is 7.54. The van der Waals surface area contributed by atoms with E-state index < -0.39 is 23.9 Å². The second kappa shape index (κ2) is 6.36. The number of rotatable bonds is 2. The second-order valence-electron chi connectivity index (χ2n) is 5.63. The van der Waals surface area contributed by atoms with Crippen molar-refractivity contribution < 1.29 is 27.8 Å². The minimum atomic E-state index is -4.57. The van der Waals surface area contributed by atoms with Crippen molar-refractivity contribution in [3.05, 3.63) is 53.3 Å². The van der Waals surface area contributed by atoms with E-state index in [9.17, 15) is 23.1 Å². The standard InChI is InChI=1S/C17H15F3N2O3/c1-10-12(6-7-15(21-10)17(18,19)20)16(24)22-8-11(9-23)25-14-5-3-2-4-13(14)22/h2-7,11,23H,8-9H2,1H3/t11-/m1/s1. The van der Waals surface area contributed by atoms with Crippen LogP contribution >= 0.6 is 0 Å². The first kappa shape index (κ1) is 17.2. The highest BCUT2D eigenvalue weighted by Gasteiger charge is 2.34. The van der Waals surface area contributed by atoms with E-state index in [1.54, 1.807) is 24.3 Å². The van der Waals surface area contributed by atoms with Gasteiger partial charge in [0.15, 0.2) is 0 Å². The molecule has 1 aliphatic heterocycles. The largest absolute Gasteiger partial charge is 0.484 e. The summed E-state index contributed by atoms with van der Waals surface area (Å²) in [4.78, 5) is 17.8. The zero-order valence-electron chi connectivity index (χ0n) is 13.2. The molecule has 0 saturated heterocycles. The summed E-state index contributed by atoms with van der Waals surface area (Å²) < 4.78 is 43.8. The Hall–Kier alpha value is -2.61. The molecule has 1 amide bonds. The van der Waals surface area contributed by atoms with Crippen LogP contribution in [0, 0.1) is 6.92 Å². The molecule has 0 fully saturated rings. The van der Waals surface area contributed by atoms with Crippen molar-refractivity contribution in [2.24, 2.45) is 0 Å². The van der Waals surface area contributed by atoms with Gasteiger partial charge in [0.05, 0.1) is 30.1 Å². The first-order valence-corrected chi connectivity index (χ1v) is 7.54. The number of alkyl halides is 3. The van der Waals surface area contributed by atoms with Gasteiger partial charge < -0.3 is 14.7 Å². The van der Waals surface area contributed by atoms with Crippen LogP contribution in [0.3, 0.4) is 0 Å². The number of pyridine rings is 1. The number of anilines is 1. The van der Waals surface area contributed by atoms with Gasteiger partial charge in [-0.1, -0.05) is 12.1 Å². The third kappa shape index (κ3) is 3.30. The third-order valence-corrected chi connectivity index (χ3v) is 3.89. The van der Waals surface area contributed by atoms with Crippen molar-refractivity contribution in [3.63, 3.8) is 0 Å². The van der Waals surface area contributed by atoms with E-state index in [0.29, 0.717) is 11.4 Å². The number of aryl methyl sites for hydroxylation is 1. The minimum Gasteiger partial charge on any atom is -0.484 e. The molecule has 0 spiro atoms. The topological polar surface area (TPSA) is 62.7 Å². The molecule has 2 aromatic rings. The zero-order valence-corrected chi connectivity index (χ0v) is 13.2. The number of benzene rings is 1. The maximum atomic E-state index is 12.9. The monoisotopic (exact) mass is 352 g/mol. The fraction of sp³-hybridized carbons (Fsp3) is 0.294. The molecule has 25 heavy (non-hydrogen) atoms. The second-order valence-corrected chi connectivity index (χ2v) is 5.63. The molecule has 2 heterocycles. The maximum Gasteiger partial charge on any atom is 0.433 e. The number of ether oxygens (including phenoxy) is 1. The van der Waals surface area contributed by atoms with Crippen LogP contribution in [-0.2, 0) is 6.18 Å². The molecule has 1 N–H and O–H groups in total. The predicted octanol–water partition coefficient (Wildman–Crippen LogP) is 2.81. The number of carbonyl (C=O) groups excluding carboxylic acids is 1. The molecular formula is C17H15F3N2O3. The van der Waals surface area contributed by atoms with E-state index in [1.165, 1.54) is 11.8 Å². The van der Waals surface area contributed by atoms with Gasteiger partial charge in [0, 0.05) is 0 Å². The van der Waals surface area contributed by atoms with E-state index in [4.69, 9.17) is 4.74 Å². The molecule has 132 valence electrons. The van der Waals surface area contributed by atoms with Crippen molar-refractivity contribution >= 4 is 11.6 Å². The van der Waals surface area contributed by atoms with Crippen molar-refractivity contribution in [2.45, 2.75) is 19.2 Å². The van der Waals surface area contributed by atoms with Gasteiger partial charge in [0.1, 0.15) is 17.5 Å². The number of para-hydroxylation sites is 2. The Balaban J connectivity index is 1.98. The zero-order chi connectivity index (χ0) is 18.2. The highest BCUT2D eigenvalue weighted by Crippen LogP contribution is 2.34. The van der Waals surface area contributed by atoms with Crippen molar-refractivity contribution in [1.82, 2.24) is 4.98 Å². The van der Waals surface area contributed by atoms with E-state index in [1.807, 2.05) is 0 Å². The quantitative estimate of drug-likeness (QED) is 0.903. The summed E-state index contributed by atoms with van der Waals surface area (Å²) in [5.41, 5.74) is -0.487. The number of amides is 1. The van der Waals surface area contributed by atoms with Gasteiger partial charge in [-0.3, -0.25) is 4.79 Å². The van der Waals surface area contributed by atoms with Crippen LogP contribution in [0.25, 0.3) is 0 Å². The summed E-state index contributed by atoms with van der Waals surface area (Å²) in [7, 11) is 0. The van der Waals surface area contributed by atoms with Crippen LogP contribution in [0.2, 0.25) is 0 Å². The molecule has 5 nitrogen and oxygen atoms in total. The van der Waals surface area contributed by atoms with Gasteiger partial charge in [-0.25, -0.2) is 4.98 Å². The summed E-state index contributed by atoms with van der Waals surface area (Å²) in [6.07, 6.45) is -5.18. The number of hydrogen-bond acceptors (Lipinski definition) is 4. The van der Waals surface area contributed by atoms with Crippen LogP contribution in [0.4, 0.5) is 18.9 Å². The summed E-state index contributed by atoms with van der Waals surface area (Å²) in [6.45, 7) is 1.16. The molecule has 1 aromatic heterocycles. The molecule has 0 saturated carbocycles. The summed E-state index contributed by atoms with van der Waals surface area (Å²) in [5, 5.41) is 9.37. The highest BCUT2D eigenvalue weighted by molar-refractivity contribution is 6.07. The molecule has 0 radical (unpaired) electrons. The number of fused-ring (bicyclic) bond motifs is 1. The van der Waals surface area contributed by atoms with E-state index >= 15 is 0 Å². The van der Waals surface area contributed by atoms with Gasteiger partial charge in [-0.05, 0) is 31.2 Å². The first-order chi connectivity index (χ1) is 11.8. The molecule has 1 aliphatic rings. The Labute approximate surface area is 141 Å². The van der Waals surface area contributed by atoms with Crippen molar-refractivity contribution in [2.75, 3.05) is 18.1 Å². The molecule has 3 rings (SSSR count). The number of carbonyl (C=O) groups is 1. The summed E-state index contributed by atoms with van der Waals surface area (Å²) >= 11 is 0. The number of aliphatic hydroxyl groups is 1. The highest BCUT2D eigenvalue weighted by atomic mass is 19.4. The third-order valence-electron chi connectivity index (χ3n) is 3.89. The van der Waals surface area contributed by atoms with Gasteiger partial charge in [0.2, 0.25) is 0 Å². The number of aliphatic hydroxyl groups excluding tert-OH is 1. The lowest BCUT2D eigenvalue weighted by Gasteiger charge is -2.34. The van der Waals surface area contributed by atoms with E-state index in [2.05, 4.69) is 4.98 Å². The van der Waals surface area contributed by atoms with Crippen LogP contribution in [0.15, 0.2) is 36.4 Å². The van der Waals surface area contributed by atoms with Crippen LogP contribution in [0.1, 0.15) is 21.7 Å². The Bertz CT molecular complexity index is 808. The van der Waals surface area contributed by atoms with Crippen molar-refractivity contribution in [3.8, 4) is 5.75 Å². The smallest absolute Gasteiger partial charge is 0.433 e. The molecule has 8 heteroatoms. The van der Waals surface area contributed by atoms with Gasteiger partial charge in [-0.15, -0.1) is 0 Å². The Morgan fingerprint density at radius 1 is 1.32 bits per heavy atom. The average Bonchev–Trinajstić information content (AvgIpc) is 2.59. The number of halogens is 3. The minimum absolute atomic E-state index is 0.00986. The van der Waals surface area contributed by atoms with Crippen LogP contribution < -0.4 is 9.64 Å². The van der Waals surface area contributed by atoms with Crippen LogP contribution in [-0.4, -0.2) is 35.3 Å².